The van der Waals surface area contributed by atoms with Crippen molar-refractivity contribution >= 4 is 28.3 Å². The van der Waals surface area contributed by atoms with Gasteiger partial charge in [-0.05, 0) is 75.4 Å². The first-order chi connectivity index (χ1) is 13.2. The Morgan fingerprint density at radius 2 is 1.86 bits per heavy atom. The molecule has 0 saturated heterocycles. The number of fused-ring (bicyclic) bond motifs is 4. The minimum atomic E-state index is -0.799. The quantitative estimate of drug-likeness (QED) is 0.504. The molecule has 0 bridgehead atoms. The number of imidazole rings is 1. The minimum absolute atomic E-state index is 0.315. The molecule has 1 saturated carbocycles. The summed E-state index contributed by atoms with van der Waals surface area (Å²) in [5.41, 5.74) is 5.72. The van der Waals surface area contributed by atoms with Crippen LogP contribution in [0.3, 0.4) is 0 Å². The Labute approximate surface area is 170 Å². The molecule has 2 aliphatic rings. The van der Waals surface area contributed by atoms with Crippen molar-refractivity contribution in [3.63, 3.8) is 0 Å². The van der Waals surface area contributed by atoms with Crippen LogP contribution in [0.25, 0.3) is 22.2 Å². The Balaban J connectivity index is 1.79. The van der Waals surface area contributed by atoms with Crippen LogP contribution in [0.2, 0.25) is 5.02 Å². The summed E-state index contributed by atoms with van der Waals surface area (Å²) >= 11 is 6.79. The Kier molecular flexibility index (Phi) is 3.55. The van der Waals surface area contributed by atoms with Gasteiger partial charge in [0.05, 0.1) is 33.5 Å². The molecule has 3 aromatic rings. The smallest absolute Gasteiger partial charge is 0.0964 e. The zero-order chi connectivity index (χ0) is 19.9. The average Bonchev–Trinajstić information content (AvgIpc) is 3.19. The first-order valence-corrected chi connectivity index (χ1v) is 10.3. The van der Waals surface area contributed by atoms with Crippen LogP contribution in [0.4, 0.5) is 5.69 Å². The van der Waals surface area contributed by atoms with Gasteiger partial charge in [0.2, 0.25) is 0 Å². The van der Waals surface area contributed by atoms with Crippen molar-refractivity contribution in [1.82, 2.24) is 9.97 Å². The summed E-state index contributed by atoms with van der Waals surface area (Å²) in [6, 6.07) is 8.44. The van der Waals surface area contributed by atoms with Crippen LogP contribution in [0.5, 0.6) is 0 Å². The molecule has 2 heterocycles. The first kappa shape index (κ1) is 18.0. The molecule has 2 atom stereocenters. The van der Waals surface area contributed by atoms with Crippen molar-refractivity contribution in [3.8, 4) is 11.1 Å². The van der Waals surface area contributed by atoms with Crippen LogP contribution in [0.1, 0.15) is 51.2 Å². The second kappa shape index (κ2) is 5.52. The number of aromatic amines is 1. The van der Waals surface area contributed by atoms with Gasteiger partial charge in [-0.25, -0.2) is 4.98 Å². The number of anilines is 1. The summed E-state index contributed by atoms with van der Waals surface area (Å²) in [6.45, 7) is 8.47. The predicted molar refractivity (Wildman–Crippen MR) is 115 cm³/mol. The second-order valence-corrected chi connectivity index (χ2v) is 9.69. The summed E-state index contributed by atoms with van der Waals surface area (Å²) in [5, 5.41) is 16.0. The van der Waals surface area contributed by atoms with Gasteiger partial charge in [-0.3, -0.25) is 0 Å². The maximum absolute atomic E-state index is 11.7. The van der Waals surface area contributed by atoms with Crippen LogP contribution in [-0.4, -0.2) is 26.2 Å². The molecule has 1 fully saturated rings. The molecule has 2 unspecified atom stereocenters. The van der Waals surface area contributed by atoms with Gasteiger partial charge in [-0.15, -0.1) is 0 Å². The fourth-order valence-corrected chi connectivity index (χ4v) is 5.98. The van der Waals surface area contributed by atoms with Crippen LogP contribution in [-0.2, 0) is 5.41 Å². The highest BCUT2D eigenvalue weighted by Crippen LogP contribution is 2.59. The van der Waals surface area contributed by atoms with E-state index in [1.54, 1.807) is 6.33 Å². The lowest BCUT2D eigenvalue weighted by molar-refractivity contribution is -0.0628. The number of benzene rings is 2. The van der Waals surface area contributed by atoms with Gasteiger partial charge >= 0.3 is 0 Å². The van der Waals surface area contributed by atoms with E-state index < -0.39 is 11.1 Å². The number of nitrogens with one attached hydrogen (secondary N) is 2. The molecule has 0 spiro atoms. The normalized spacial score (nSPS) is 28.1. The number of H-pyrrole nitrogens is 1. The average molecular weight is 396 g/mol. The highest BCUT2D eigenvalue weighted by molar-refractivity contribution is 6.34. The van der Waals surface area contributed by atoms with E-state index >= 15 is 0 Å². The van der Waals surface area contributed by atoms with Gasteiger partial charge in [0, 0.05) is 22.2 Å². The molecule has 5 heteroatoms. The molecule has 4 nitrogen and oxygen atoms in total. The lowest BCUT2D eigenvalue weighted by atomic mass is 9.60. The van der Waals surface area contributed by atoms with Crippen LogP contribution in [0.15, 0.2) is 30.6 Å². The van der Waals surface area contributed by atoms with Gasteiger partial charge < -0.3 is 15.4 Å². The summed E-state index contributed by atoms with van der Waals surface area (Å²) < 4.78 is 0. The summed E-state index contributed by atoms with van der Waals surface area (Å²) in [4.78, 5) is 7.74. The molecular weight excluding hydrogens is 370 g/mol. The van der Waals surface area contributed by atoms with Crippen LogP contribution < -0.4 is 5.32 Å². The number of aromatic nitrogens is 2. The third kappa shape index (κ3) is 2.13. The number of halogens is 1. The minimum Gasteiger partial charge on any atom is -0.387 e. The molecule has 1 aromatic heterocycles. The molecule has 1 aliphatic carbocycles. The largest absolute Gasteiger partial charge is 0.387 e. The van der Waals surface area contributed by atoms with Gasteiger partial charge in [0.25, 0.3) is 0 Å². The maximum atomic E-state index is 11.7. The lowest BCUT2D eigenvalue weighted by Gasteiger charge is -2.55. The molecular formula is C23H26ClN3O. The standard InChI is InChI=1S/C23H26ClN3O/c1-13-8-15(20-19(9-13)25-12-26-20)14-10-16-18(11-17(14)24)27-21(2,3)23(28)7-5-6-22(16,23)4/h8-12,27-28H,5-7H2,1-4H3,(H,25,26). The third-order valence-electron chi connectivity index (χ3n) is 7.27. The Morgan fingerprint density at radius 1 is 1.07 bits per heavy atom. The summed E-state index contributed by atoms with van der Waals surface area (Å²) in [6.07, 6.45) is 4.51. The monoisotopic (exact) mass is 395 g/mol. The number of hydrogen-bond acceptors (Lipinski definition) is 3. The van der Waals surface area contributed by atoms with E-state index in [2.05, 4.69) is 61.2 Å². The Morgan fingerprint density at radius 3 is 2.64 bits per heavy atom. The van der Waals surface area contributed by atoms with Crippen molar-refractivity contribution in [1.29, 1.82) is 0 Å². The fourth-order valence-electron chi connectivity index (χ4n) is 5.72. The molecule has 3 N–H and O–H groups in total. The van der Waals surface area contributed by atoms with Gasteiger partial charge in [0.15, 0.2) is 0 Å². The molecule has 5 rings (SSSR count). The molecule has 0 radical (unpaired) electrons. The maximum Gasteiger partial charge on any atom is 0.0964 e. The number of nitrogens with zero attached hydrogens (tertiary/aromatic N) is 1. The number of hydrogen-bond donors (Lipinski definition) is 3. The third-order valence-corrected chi connectivity index (χ3v) is 7.58. The predicted octanol–water partition coefficient (Wildman–Crippen LogP) is 5.57. The van der Waals surface area contributed by atoms with E-state index in [1.807, 2.05) is 6.07 Å². The van der Waals surface area contributed by atoms with Gasteiger partial charge in [-0.2, -0.15) is 0 Å². The van der Waals surface area contributed by atoms with Crippen molar-refractivity contribution in [2.45, 2.75) is 63.5 Å². The van der Waals surface area contributed by atoms with E-state index in [-0.39, 0.29) is 5.41 Å². The lowest BCUT2D eigenvalue weighted by Crippen LogP contribution is -2.65. The fraction of sp³-hybridized carbons (Fsp3) is 0.435. The zero-order valence-corrected chi connectivity index (χ0v) is 17.5. The van der Waals surface area contributed by atoms with Crippen molar-refractivity contribution < 1.29 is 5.11 Å². The van der Waals surface area contributed by atoms with Crippen molar-refractivity contribution in [2.75, 3.05) is 5.32 Å². The van der Waals surface area contributed by atoms with Crippen molar-refractivity contribution in [3.05, 3.63) is 46.7 Å². The molecule has 0 amide bonds. The Hall–Kier alpha value is -2.04. The second-order valence-electron chi connectivity index (χ2n) is 9.28. The number of rotatable bonds is 1. The summed E-state index contributed by atoms with van der Waals surface area (Å²) in [7, 11) is 0. The van der Waals surface area contributed by atoms with E-state index in [0.29, 0.717) is 5.02 Å². The number of aryl methyl sites for hydroxylation is 1. The highest BCUT2D eigenvalue weighted by atomic mass is 35.5. The van der Waals surface area contributed by atoms with Gasteiger partial charge in [-0.1, -0.05) is 18.5 Å². The van der Waals surface area contributed by atoms with Crippen molar-refractivity contribution in [2.24, 2.45) is 0 Å². The number of aliphatic hydroxyl groups is 1. The molecule has 1 aliphatic heterocycles. The van der Waals surface area contributed by atoms with E-state index in [4.69, 9.17) is 11.6 Å². The van der Waals surface area contributed by atoms with Crippen LogP contribution in [0, 0.1) is 6.92 Å². The topological polar surface area (TPSA) is 60.9 Å². The molecule has 146 valence electrons. The summed E-state index contributed by atoms with van der Waals surface area (Å²) in [5.74, 6) is 0. The van der Waals surface area contributed by atoms with E-state index in [1.165, 1.54) is 0 Å². The molecule has 2 aromatic carbocycles. The SMILES string of the molecule is Cc1cc(-c2cc3c(cc2Cl)NC(C)(C)C2(O)CCCC32C)c2nc[nH]c2c1. The zero-order valence-electron chi connectivity index (χ0n) is 16.8. The molecule has 28 heavy (non-hydrogen) atoms. The van der Waals surface area contributed by atoms with Gasteiger partial charge in [0.1, 0.15) is 0 Å². The van der Waals surface area contributed by atoms with E-state index in [9.17, 15) is 5.11 Å². The first-order valence-electron chi connectivity index (χ1n) is 9.95. The van der Waals surface area contributed by atoms with Crippen LogP contribution >= 0.6 is 11.6 Å². The Bertz CT molecular complexity index is 1120. The highest BCUT2D eigenvalue weighted by Gasteiger charge is 2.62. The van der Waals surface area contributed by atoms with E-state index in [0.717, 1.165) is 58.2 Å².